The van der Waals surface area contributed by atoms with Gasteiger partial charge < -0.3 is 0 Å². The van der Waals surface area contributed by atoms with E-state index in [-0.39, 0.29) is 11.4 Å². The summed E-state index contributed by atoms with van der Waals surface area (Å²) in [5.41, 5.74) is 0.986. The van der Waals surface area contributed by atoms with Gasteiger partial charge >= 0.3 is 6.18 Å². The minimum atomic E-state index is -4.44. The van der Waals surface area contributed by atoms with Gasteiger partial charge in [-0.25, -0.2) is 22.6 Å². The molecule has 4 rings (SSSR count). The summed E-state index contributed by atoms with van der Waals surface area (Å²) in [5, 5.41) is 4.01. The zero-order valence-corrected chi connectivity index (χ0v) is 17.4. The minimum Gasteiger partial charge on any atom is -0.219 e. The smallest absolute Gasteiger partial charge is 0.219 e. The van der Waals surface area contributed by atoms with Crippen molar-refractivity contribution in [3.63, 3.8) is 0 Å². The molecule has 11 heteroatoms. The third-order valence-corrected chi connectivity index (χ3v) is 6.29. The van der Waals surface area contributed by atoms with Crippen LogP contribution in [0.5, 0.6) is 0 Å². The molecule has 32 heavy (non-hydrogen) atoms. The number of aryl methyl sites for hydroxylation is 1. The molecule has 0 saturated carbocycles. The normalized spacial score (nSPS) is 12.3. The average molecular weight is 461 g/mol. The van der Waals surface area contributed by atoms with Crippen LogP contribution in [0.15, 0.2) is 72.1 Å². The van der Waals surface area contributed by atoms with Gasteiger partial charge in [-0.2, -0.15) is 23.3 Å². The van der Waals surface area contributed by atoms with E-state index < -0.39 is 21.8 Å². The lowest BCUT2D eigenvalue weighted by Crippen LogP contribution is -2.25. The fourth-order valence-corrected chi connectivity index (χ4v) is 4.25. The number of rotatable bonds is 7. The number of aromatic nitrogens is 4. The Labute approximate surface area is 182 Å². The van der Waals surface area contributed by atoms with Crippen molar-refractivity contribution in [1.29, 1.82) is 0 Å². The molecule has 0 spiro atoms. The number of alkyl halides is 3. The second kappa shape index (κ2) is 8.67. The van der Waals surface area contributed by atoms with Crippen LogP contribution >= 0.6 is 0 Å². The first kappa shape index (κ1) is 21.9. The van der Waals surface area contributed by atoms with Gasteiger partial charge in [-0.1, -0.05) is 24.3 Å². The first-order valence-corrected chi connectivity index (χ1v) is 11.1. The highest BCUT2D eigenvalue weighted by Gasteiger charge is 2.30. The molecule has 0 radical (unpaired) electrons. The van der Waals surface area contributed by atoms with E-state index in [1.54, 1.807) is 23.0 Å². The Hall–Kier alpha value is -3.31. The molecular weight excluding hydrogens is 443 g/mol. The Morgan fingerprint density at radius 2 is 1.78 bits per heavy atom. The predicted octanol–water partition coefficient (Wildman–Crippen LogP) is 3.72. The lowest BCUT2D eigenvalue weighted by atomic mass is 10.0. The number of hydrogen-bond donors (Lipinski definition) is 1. The number of benzene rings is 2. The number of fused-ring (bicyclic) bond motifs is 1. The highest BCUT2D eigenvalue weighted by molar-refractivity contribution is 7.89. The summed E-state index contributed by atoms with van der Waals surface area (Å²) in [7, 11) is -3.74. The summed E-state index contributed by atoms with van der Waals surface area (Å²) in [6.07, 6.45) is 1.56. The standard InChI is InChI=1S/C21H18F3N5O2S/c22-21(23,24)18-5-1-4-17(11-18)16-6-8-19(9-7-16)32(30,31)28-10-2-3-15-12-25-20-26-14-27-29(20)13-15/h1,4-9,11-14,28H,2-3,10H2. The molecule has 1 N–H and O–H groups in total. The van der Waals surface area contributed by atoms with E-state index in [1.807, 2.05) is 0 Å². The molecule has 7 nitrogen and oxygen atoms in total. The molecule has 2 aromatic carbocycles. The fraction of sp³-hybridized carbons (Fsp3) is 0.190. The zero-order valence-electron chi connectivity index (χ0n) is 16.6. The highest BCUT2D eigenvalue weighted by atomic mass is 32.2. The van der Waals surface area contributed by atoms with Crippen molar-refractivity contribution in [1.82, 2.24) is 24.3 Å². The number of hydrogen-bond acceptors (Lipinski definition) is 5. The van der Waals surface area contributed by atoms with Crippen LogP contribution in [0.3, 0.4) is 0 Å². The van der Waals surface area contributed by atoms with Crippen molar-refractivity contribution in [3.05, 3.63) is 78.4 Å². The van der Waals surface area contributed by atoms with Gasteiger partial charge in [0.25, 0.3) is 5.78 Å². The van der Waals surface area contributed by atoms with Gasteiger partial charge in [-0.3, -0.25) is 0 Å². The van der Waals surface area contributed by atoms with E-state index in [4.69, 9.17) is 0 Å². The van der Waals surface area contributed by atoms with Gasteiger partial charge in [0.2, 0.25) is 10.0 Å². The van der Waals surface area contributed by atoms with Crippen LogP contribution in [0.1, 0.15) is 17.5 Å². The Balaban J connectivity index is 1.37. The van der Waals surface area contributed by atoms with E-state index in [9.17, 15) is 21.6 Å². The van der Waals surface area contributed by atoms with Crippen LogP contribution in [-0.2, 0) is 22.6 Å². The largest absolute Gasteiger partial charge is 0.416 e. The number of halogens is 3. The molecular formula is C21H18F3N5O2S. The third kappa shape index (κ3) is 4.94. The van der Waals surface area contributed by atoms with Gasteiger partial charge in [0.05, 0.1) is 10.5 Å². The SMILES string of the molecule is O=S(=O)(NCCCc1cnc2ncnn2c1)c1ccc(-c2cccc(C(F)(F)F)c2)cc1. The molecule has 2 heterocycles. The molecule has 4 aromatic rings. The predicted molar refractivity (Wildman–Crippen MR) is 111 cm³/mol. The first-order chi connectivity index (χ1) is 15.2. The maximum Gasteiger partial charge on any atom is 0.416 e. The molecule has 2 aromatic heterocycles. The van der Waals surface area contributed by atoms with Crippen LogP contribution in [0.25, 0.3) is 16.9 Å². The van der Waals surface area contributed by atoms with Gasteiger partial charge in [0.1, 0.15) is 6.33 Å². The summed E-state index contributed by atoms with van der Waals surface area (Å²) >= 11 is 0. The molecule has 0 amide bonds. The van der Waals surface area contributed by atoms with Crippen molar-refractivity contribution in [2.24, 2.45) is 0 Å². The summed E-state index contributed by atoms with van der Waals surface area (Å²) in [6, 6.07) is 10.6. The number of nitrogens with one attached hydrogen (secondary N) is 1. The molecule has 0 atom stereocenters. The molecule has 0 aliphatic rings. The van der Waals surface area contributed by atoms with Crippen molar-refractivity contribution in [2.45, 2.75) is 23.9 Å². The molecule has 0 saturated heterocycles. The van der Waals surface area contributed by atoms with E-state index in [0.717, 1.165) is 17.7 Å². The van der Waals surface area contributed by atoms with Crippen LogP contribution < -0.4 is 4.72 Å². The fourth-order valence-electron chi connectivity index (χ4n) is 3.17. The molecule has 166 valence electrons. The van der Waals surface area contributed by atoms with Gasteiger partial charge in [-0.15, -0.1) is 0 Å². The highest BCUT2D eigenvalue weighted by Crippen LogP contribution is 2.32. The van der Waals surface area contributed by atoms with Gasteiger partial charge in [-0.05, 0) is 53.8 Å². The second-order valence-electron chi connectivity index (χ2n) is 7.07. The van der Waals surface area contributed by atoms with Crippen LogP contribution in [0.2, 0.25) is 0 Å². The second-order valence-corrected chi connectivity index (χ2v) is 8.84. The van der Waals surface area contributed by atoms with Gasteiger partial charge in [0.15, 0.2) is 0 Å². The van der Waals surface area contributed by atoms with Crippen LogP contribution in [0, 0.1) is 0 Å². The van der Waals surface area contributed by atoms with E-state index in [0.29, 0.717) is 29.7 Å². The third-order valence-electron chi connectivity index (χ3n) is 4.81. The Morgan fingerprint density at radius 1 is 1.00 bits per heavy atom. The summed E-state index contributed by atoms with van der Waals surface area (Å²) in [5.74, 6) is 0.489. The molecule has 0 aliphatic heterocycles. The quantitative estimate of drug-likeness (QED) is 0.424. The molecule has 0 fully saturated rings. The summed E-state index contributed by atoms with van der Waals surface area (Å²) in [6.45, 7) is 0.215. The van der Waals surface area contributed by atoms with E-state index >= 15 is 0 Å². The zero-order chi connectivity index (χ0) is 22.8. The maximum atomic E-state index is 12.9. The average Bonchev–Trinajstić information content (AvgIpc) is 3.24. The van der Waals surface area contributed by atoms with Crippen LogP contribution in [0.4, 0.5) is 13.2 Å². The van der Waals surface area contributed by atoms with E-state index in [1.165, 1.54) is 36.7 Å². The Kier molecular flexibility index (Phi) is 5.94. The molecule has 0 aliphatic carbocycles. The molecule has 0 unspecified atom stereocenters. The number of nitrogens with zero attached hydrogens (tertiary/aromatic N) is 4. The topological polar surface area (TPSA) is 89.2 Å². The minimum absolute atomic E-state index is 0.0407. The maximum absolute atomic E-state index is 12.9. The lowest BCUT2D eigenvalue weighted by Gasteiger charge is -2.10. The summed E-state index contributed by atoms with van der Waals surface area (Å²) in [4.78, 5) is 8.16. The Morgan fingerprint density at radius 3 is 2.53 bits per heavy atom. The molecule has 0 bridgehead atoms. The van der Waals surface area contributed by atoms with Crippen LogP contribution in [-0.4, -0.2) is 34.5 Å². The Bertz CT molecular complexity index is 1340. The first-order valence-electron chi connectivity index (χ1n) is 9.64. The van der Waals surface area contributed by atoms with Crippen molar-refractivity contribution >= 4 is 15.8 Å². The van der Waals surface area contributed by atoms with Gasteiger partial charge in [0, 0.05) is 18.9 Å². The lowest BCUT2D eigenvalue weighted by molar-refractivity contribution is -0.137. The monoisotopic (exact) mass is 461 g/mol. The van der Waals surface area contributed by atoms with Crippen molar-refractivity contribution < 1.29 is 21.6 Å². The number of sulfonamides is 1. The summed E-state index contributed by atoms with van der Waals surface area (Å²) < 4.78 is 67.9. The van der Waals surface area contributed by atoms with Crippen molar-refractivity contribution in [2.75, 3.05) is 6.54 Å². The van der Waals surface area contributed by atoms with E-state index in [2.05, 4.69) is 19.8 Å². The van der Waals surface area contributed by atoms with Crippen molar-refractivity contribution in [3.8, 4) is 11.1 Å².